The minimum Gasteiger partial charge on any atom is -0.506 e. The van der Waals surface area contributed by atoms with Crippen molar-refractivity contribution in [3.63, 3.8) is 0 Å². The number of aromatic nitrogens is 1. The highest BCUT2D eigenvalue weighted by Crippen LogP contribution is 2.23. The lowest BCUT2D eigenvalue weighted by Crippen LogP contribution is -2.11. The van der Waals surface area contributed by atoms with Crippen molar-refractivity contribution in [1.29, 1.82) is 0 Å². The van der Waals surface area contributed by atoms with Gasteiger partial charge in [0.25, 0.3) is 5.56 Å². The molecule has 146 valence electrons. The predicted octanol–water partition coefficient (Wildman–Crippen LogP) is 4.59. The Balaban J connectivity index is 0.000000202. The fourth-order valence-electron chi connectivity index (χ4n) is 2.33. The van der Waals surface area contributed by atoms with Gasteiger partial charge in [-0.05, 0) is 36.4 Å². The SMILES string of the molecule is COC(=O)c1cc(Cl)ccc1C(=O)CBr.O=c1[nH]cc(O)c2ccc(Cl)cc12. The van der Waals surface area contributed by atoms with E-state index in [9.17, 15) is 19.5 Å². The molecule has 3 rings (SSSR count). The molecular formula is C19H14BrCl2NO5. The Kier molecular flexibility index (Phi) is 7.62. The average Bonchev–Trinajstić information content (AvgIpc) is 2.70. The van der Waals surface area contributed by atoms with E-state index in [1.807, 2.05) is 0 Å². The monoisotopic (exact) mass is 485 g/mol. The Morgan fingerprint density at radius 3 is 2.36 bits per heavy atom. The summed E-state index contributed by atoms with van der Waals surface area (Å²) in [5.41, 5.74) is 0.243. The first kappa shape index (κ1) is 21.9. The quantitative estimate of drug-likeness (QED) is 0.320. The van der Waals surface area contributed by atoms with E-state index in [-0.39, 0.29) is 28.0 Å². The van der Waals surface area contributed by atoms with Crippen LogP contribution in [0.25, 0.3) is 10.8 Å². The minimum atomic E-state index is -0.568. The Morgan fingerprint density at radius 2 is 1.71 bits per heavy atom. The normalized spacial score (nSPS) is 10.1. The number of pyridine rings is 1. The smallest absolute Gasteiger partial charge is 0.338 e. The van der Waals surface area contributed by atoms with Crippen LogP contribution in [0.4, 0.5) is 0 Å². The van der Waals surface area contributed by atoms with Crippen LogP contribution >= 0.6 is 39.1 Å². The maximum atomic E-state index is 11.5. The number of aromatic hydroxyl groups is 1. The molecule has 0 aliphatic rings. The molecule has 0 aliphatic carbocycles. The Labute approximate surface area is 178 Å². The van der Waals surface area contributed by atoms with Crippen molar-refractivity contribution in [2.75, 3.05) is 12.4 Å². The summed E-state index contributed by atoms with van der Waals surface area (Å²) in [7, 11) is 1.26. The van der Waals surface area contributed by atoms with Crippen LogP contribution in [0.3, 0.4) is 0 Å². The second-order valence-corrected chi connectivity index (χ2v) is 6.86. The van der Waals surface area contributed by atoms with Gasteiger partial charge >= 0.3 is 5.97 Å². The number of H-pyrrole nitrogens is 1. The standard InChI is InChI=1S/C10H8BrClO3.C9H6ClNO2/c1-15-10(14)8-4-6(12)2-3-7(8)9(13)5-11;10-5-1-2-6-7(3-5)9(13)11-4-8(6)12/h2-4H,5H2,1H3;1-4,12H,(H,11,13). The van der Waals surface area contributed by atoms with Gasteiger partial charge in [-0.2, -0.15) is 0 Å². The van der Waals surface area contributed by atoms with Gasteiger partial charge in [0.05, 0.1) is 23.4 Å². The third-order valence-electron chi connectivity index (χ3n) is 3.65. The van der Waals surface area contributed by atoms with Crippen LogP contribution in [0.15, 0.2) is 47.4 Å². The summed E-state index contributed by atoms with van der Waals surface area (Å²) in [6.07, 6.45) is 1.26. The van der Waals surface area contributed by atoms with Crippen molar-refractivity contribution >= 4 is 61.7 Å². The lowest BCUT2D eigenvalue weighted by Gasteiger charge is -2.05. The third-order valence-corrected chi connectivity index (χ3v) is 4.63. The number of rotatable bonds is 3. The molecular weight excluding hydrogens is 473 g/mol. The maximum absolute atomic E-state index is 11.5. The molecule has 0 bridgehead atoms. The van der Waals surface area contributed by atoms with Crippen molar-refractivity contribution in [2.45, 2.75) is 0 Å². The van der Waals surface area contributed by atoms with Gasteiger partial charge in [0.2, 0.25) is 0 Å². The third kappa shape index (κ3) is 5.13. The van der Waals surface area contributed by atoms with E-state index < -0.39 is 5.97 Å². The molecule has 0 unspecified atom stereocenters. The molecule has 0 atom stereocenters. The minimum absolute atomic E-state index is 0.0475. The molecule has 0 spiro atoms. The molecule has 0 aliphatic heterocycles. The summed E-state index contributed by atoms with van der Waals surface area (Å²) in [5, 5.41) is 11.3. The fourth-order valence-corrected chi connectivity index (χ4v) is 2.97. The molecule has 1 aromatic heterocycles. The van der Waals surface area contributed by atoms with Crippen LogP contribution in [0, 0.1) is 0 Å². The molecule has 1 heterocycles. The van der Waals surface area contributed by atoms with Crippen LogP contribution in [0.2, 0.25) is 10.0 Å². The molecule has 9 heteroatoms. The molecule has 0 radical (unpaired) electrons. The summed E-state index contributed by atoms with van der Waals surface area (Å²) >= 11 is 14.5. The number of hydrogen-bond acceptors (Lipinski definition) is 5. The number of aromatic amines is 1. The molecule has 6 nitrogen and oxygen atoms in total. The van der Waals surface area contributed by atoms with Gasteiger partial charge in [0.15, 0.2) is 5.78 Å². The Morgan fingerprint density at radius 1 is 1.07 bits per heavy atom. The molecule has 3 aromatic rings. The van der Waals surface area contributed by atoms with Gasteiger partial charge < -0.3 is 14.8 Å². The summed E-state index contributed by atoms with van der Waals surface area (Å²) < 4.78 is 4.56. The summed E-state index contributed by atoms with van der Waals surface area (Å²) in [4.78, 5) is 36.5. The van der Waals surface area contributed by atoms with E-state index in [2.05, 4.69) is 25.7 Å². The number of carbonyl (C=O) groups is 2. The first-order valence-corrected chi connectivity index (χ1v) is 9.63. The molecule has 0 fully saturated rings. The zero-order valence-corrected chi connectivity index (χ0v) is 17.6. The van der Waals surface area contributed by atoms with Crippen LogP contribution in [0.1, 0.15) is 20.7 Å². The highest BCUT2D eigenvalue weighted by Gasteiger charge is 2.17. The van der Waals surface area contributed by atoms with Crippen molar-refractivity contribution in [3.8, 4) is 5.75 Å². The lowest BCUT2D eigenvalue weighted by atomic mass is 10.0. The molecule has 0 saturated carbocycles. The number of carbonyl (C=O) groups excluding carboxylic acids is 2. The van der Waals surface area contributed by atoms with E-state index in [1.54, 1.807) is 18.2 Å². The van der Waals surface area contributed by atoms with Crippen molar-refractivity contribution in [1.82, 2.24) is 4.98 Å². The van der Waals surface area contributed by atoms with Gasteiger partial charge in [0.1, 0.15) is 5.75 Å². The largest absolute Gasteiger partial charge is 0.506 e. The molecule has 2 N–H and O–H groups in total. The van der Waals surface area contributed by atoms with Crippen molar-refractivity contribution in [3.05, 3.63) is 74.1 Å². The lowest BCUT2D eigenvalue weighted by molar-refractivity contribution is 0.0597. The Bertz CT molecular complexity index is 1100. The topological polar surface area (TPSA) is 96.5 Å². The van der Waals surface area contributed by atoms with Crippen LogP contribution in [-0.2, 0) is 4.74 Å². The van der Waals surface area contributed by atoms with Crippen LogP contribution in [-0.4, -0.2) is 34.3 Å². The Hall–Kier alpha value is -2.35. The summed E-state index contributed by atoms with van der Waals surface area (Å²) in [5.74, 6) is -0.708. The fraction of sp³-hybridized carbons (Fsp3) is 0.105. The number of ketones is 1. The zero-order chi connectivity index (χ0) is 20.8. The molecule has 28 heavy (non-hydrogen) atoms. The van der Waals surface area contributed by atoms with E-state index >= 15 is 0 Å². The van der Waals surface area contributed by atoms with E-state index in [0.29, 0.717) is 26.4 Å². The highest BCUT2D eigenvalue weighted by atomic mass is 79.9. The number of nitrogens with one attached hydrogen (secondary N) is 1. The number of halogens is 3. The number of benzene rings is 2. The zero-order valence-electron chi connectivity index (χ0n) is 14.5. The van der Waals surface area contributed by atoms with Crippen LogP contribution in [0.5, 0.6) is 5.75 Å². The molecule has 0 saturated heterocycles. The summed E-state index contributed by atoms with van der Waals surface area (Å²) in [6.45, 7) is 0. The first-order valence-electron chi connectivity index (χ1n) is 7.75. The van der Waals surface area contributed by atoms with Gasteiger partial charge in [0, 0.05) is 27.2 Å². The number of methoxy groups -OCH3 is 1. The maximum Gasteiger partial charge on any atom is 0.338 e. The highest BCUT2D eigenvalue weighted by molar-refractivity contribution is 9.09. The predicted molar refractivity (Wildman–Crippen MR) is 112 cm³/mol. The van der Waals surface area contributed by atoms with E-state index in [4.69, 9.17) is 23.2 Å². The van der Waals surface area contributed by atoms with Gasteiger partial charge in [-0.3, -0.25) is 9.59 Å². The molecule has 0 amide bonds. The van der Waals surface area contributed by atoms with Crippen molar-refractivity contribution < 1.29 is 19.4 Å². The average molecular weight is 487 g/mol. The van der Waals surface area contributed by atoms with Crippen LogP contribution < -0.4 is 5.56 Å². The van der Waals surface area contributed by atoms with Gasteiger partial charge in [-0.25, -0.2) is 4.79 Å². The second-order valence-electron chi connectivity index (χ2n) is 5.43. The number of ether oxygens (including phenoxy) is 1. The van der Waals surface area contributed by atoms with E-state index in [0.717, 1.165) is 0 Å². The number of hydrogen-bond donors (Lipinski definition) is 2. The van der Waals surface area contributed by atoms with Crippen molar-refractivity contribution in [2.24, 2.45) is 0 Å². The second kappa shape index (κ2) is 9.73. The number of alkyl halides is 1. The number of fused-ring (bicyclic) bond motifs is 1. The first-order chi connectivity index (χ1) is 13.3. The summed E-state index contributed by atoms with van der Waals surface area (Å²) in [6, 6.07) is 9.26. The van der Waals surface area contributed by atoms with Gasteiger partial charge in [-0.1, -0.05) is 39.1 Å². The van der Waals surface area contributed by atoms with Gasteiger partial charge in [-0.15, -0.1) is 0 Å². The molecule has 2 aromatic carbocycles. The van der Waals surface area contributed by atoms with E-state index in [1.165, 1.54) is 31.5 Å². The number of Topliss-reactive ketones (excluding diaryl/α,β-unsaturated/α-hetero) is 1. The number of esters is 1.